The van der Waals surface area contributed by atoms with Gasteiger partial charge in [0.15, 0.2) is 5.75 Å². The highest BCUT2D eigenvalue weighted by Crippen LogP contribution is 2.31. The molecule has 0 aromatic heterocycles. The number of nitrogens with zero attached hydrogens (tertiary/aromatic N) is 1. The fraction of sp³-hybridized carbons (Fsp3) is 0.300. The number of nitrogens with one attached hydrogen (secondary N) is 1. The van der Waals surface area contributed by atoms with Gasteiger partial charge in [0.05, 0.1) is 12.2 Å². The van der Waals surface area contributed by atoms with Gasteiger partial charge < -0.3 is 15.0 Å². The SMILES string of the molecule is CCCCc1ccc(NC(=O)CN2CC(=O)Oc3ccccc32)cc1. The largest absolute Gasteiger partial charge is 0.423 e. The van der Waals surface area contributed by atoms with Gasteiger partial charge in [0.25, 0.3) is 0 Å². The number of anilines is 2. The first-order valence-corrected chi connectivity index (χ1v) is 8.59. The lowest BCUT2D eigenvalue weighted by atomic mass is 10.1. The molecule has 1 aliphatic rings. The fourth-order valence-corrected chi connectivity index (χ4v) is 2.85. The number of carbonyl (C=O) groups excluding carboxylic acids is 2. The van der Waals surface area contributed by atoms with Crippen molar-refractivity contribution in [3.8, 4) is 5.75 Å². The molecule has 25 heavy (non-hydrogen) atoms. The molecule has 2 aromatic carbocycles. The van der Waals surface area contributed by atoms with Crippen LogP contribution in [0.1, 0.15) is 25.3 Å². The van der Waals surface area contributed by atoms with Crippen LogP contribution in [0.2, 0.25) is 0 Å². The van der Waals surface area contributed by atoms with Crippen molar-refractivity contribution in [3.05, 3.63) is 54.1 Å². The number of hydrogen-bond acceptors (Lipinski definition) is 4. The molecule has 0 radical (unpaired) electrons. The smallest absolute Gasteiger partial charge is 0.331 e. The van der Waals surface area contributed by atoms with Crippen LogP contribution in [0.15, 0.2) is 48.5 Å². The summed E-state index contributed by atoms with van der Waals surface area (Å²) in [6.45, 7) is 2.34. The summed E-state index contributed by atoms with van der Waals surface area (Å²) >= 11 is 0. The zero-order valence-corrected chi connectivity index (χ0v) is 14.3. The van der Waals surface area contributed by atoms with Gasteiger partial charge in [0, 0.05) is 5.69 Å². The molecule has 0 saturated heterocycles. The number of para-hydroxylation sites is 2. The van der Waals surface area contributed by atoms with Crippen molar-refractivity contribution in [1.29, 1.82) is 0 Å². The quantitative estimate of drug-likeness (QED) is 0.648. The molecule has 0 spiro atoms. The highest BCUT2D eigenvalue weighted by Gasteiger charge is 2.25. The second-order valence-corrected chi connectivity index (χ2v) is 6.15. The topological polar surface area (TPSA) is 58.6 Å². The van der Waals surface area contributed by atoms with E-state index in [-0.39, 0.29) is 25.0 Å². The molecule has 5 heteroatoms. The molecule has 0 atom stereocenters. The molecule has 0 saturated carbocycles. The predicted octanol–water partition coefficient (Wildman–Crippen LogP) is 3.39. The minimum absolute atomic E-state index is 0.0698. The second kappa shape index (κ2) is 7.83. The normalized spacial score (nSPS) is 13.2. The zero-order valence-electron chi connectivity index (χ0n) is 14.3. The molecule has 130 valence electrons. The molecular formula is C20H22N2O3. The van der Waals surface area contributed by atoms with E-state index in [1.165, 1.54) is 5.56 Å². The average molecular weight is 338 g/mol. The Balaban J connectivity index is 1.62. The van der Waals surface area contributed by atoms with E-state index >= 15 is 0 Å². The van der Waals surface area contributed by atoms with Crippen molar-refractivity contribution in [2.45, 2.75) is 26.2 Å². The number of unbranched alkanes of at least 4 members (excludes halogenated alkanes) is 1. The summed E-state index contributed by atoms with van der Waals surface area (Å²) in [6.07, 6.45) is 3.38. The summed E-state index contributed by atoms with van der Waals surface area (Å²) in [5, 5.41) is 2.89. The lowest BCUT2D eigenvalue weighted by Crippen LogP contribution is -2.41. The van der Waals surface area contributed by atoms with Crippen molar-refractivity contribution in [1.82, 2.24) is 0 Å². The Morgan fingerprint density at radius 2 is 1.92 bits per heavy atom. The number of esters is 1. The van der Waals surface area contributed by atoms with Gasteiger partial charge in [-0.15, -0.1) is 0 Å². The minimum atomic E-state index is -0.355. The van der Waals surface area contributed by atoms with Crippen molar-refractivity contribution in [2.24, 2.45) is 0 Å². The Morgan fingerprint density at radius 3 is 2.68 bits per heavy atom. The number of fused-ring (bicyclic) bond motifs is 1. The summed E-state index contributed by atoms with van der Waals surface area (Å²) in [5.41, 5.74) is 2.79. The molecule has 1 aliphatic heterocycles. The van der Waals surface area contributed by atoms with Gasteiger partial charge >= 0.3 is 5.97 Å². The van der Waals surface area contributed by atoms with E-state index in [0.717, 1.165) is 30.6 Å². The van der Waals surface area contributed by atoms with Gasteiger partial charge in [-0.1, -0.05) is 37.6 Å². The van der Waals surface area contributed by atoms with E-state index in [2.05, 4.69) is 12.2 Å². The van der Waals surface area contributed by atoms with Crippen LogP contribution in [-0.2, 0) is 16.0 Å². The van der Waals surface area contributed by atoms with Crippen molar-refractivity contribution < 1.29 is 14.3 Å². The van der Waals surface area contributed by atoms with Crippen LogP contribution < -0.4 is 15.0 Å². The molecule has 0 aliphatic carbocycles. The molecule has 3 rings (SSSR count). The summed E-state index contributed by atoms with van der Waals surface area (Å²) in [4.78, 5) is 25.8. The van der Waals surface area contributed by atoms with Crippen LogP contribution in [0.4, 0.5) is 11.4 Å². The van der Waals surface area contributed by atoms with E-state index in [0.29, 0.717) is 5.75 Å². The maximum Gasteiger partial charge on any atom is 0.331 e. The molecule has 2 aromatic rings. The Kier molecular flexibility index (Phi) is 5.33. The summed E-state index contributed by atoms with van der Waals surface area (Å²) in [5.74, 6) is -0.0237. The van der Waals surface area contributed by atoms with Crippen LogP contribution in [0, 0.1) is 0 Å². The Bertz CT molecular complexity index is 756. The van der Waals surface area contributed by atoms with Gasteiger partial charge in [-0.25, -0.2) is 4.79 Å². The van der Waals surface area contributed by atoms with Gasteiger partial charge in [0.1, 0.15) is 6.54 Å². The second-order valence-electron chi connectivity index (χ2n) is 6.15. The van der Waals surface area contributed by atoms with E-state index in [9.17, 15) is 9.59 Å². The minimum Gasteiger partial charge on any atom is -0.423 e. The molecular weight excluding hydrogens is 316 g/mol. The highest BCUT2D eigenvalue weighted by molar-refractivity contribution is 5.96. The first-order chi connectivity index (χ1) is 12.2. The number of rotatable bonds is 6. The van der Waals surface area contributed by atoms with Crippen LogP contribution >= 0.6 is 0 Å². The number of benzene rings is 2. The Morgan fingerprint density at radius 1 is 1.16 bits per heavy atom. The maximum atomic E-state index is 12.3. The van der Waals surface area contributed by atoms with Crippen LogP contribution in [0.5, 0.6) is 5.75 Å². The number of amides is 1. The fourth-order valence-electron chi connectivity index (χ4n) is 2.85. The highest BCUT2D eigenvalue weighted by atomic mass is 16.5. The van der Waals surface area contributed by atoms with Crippen molar-refractivity contribution in [2.75, 3.05) is 23.3 Å². The lowest BCUT2D eigenvalue weighted by Gasteiger charge is -2.29. The molecule has 5 nitrogen and oxygen atoms in total. The number of ether oxygens (including phenoxy) is 1. The van der Waals surface area contributed by atoms with Crippen LogP contribution in [0.25, 0.3) is 0 Å². The van der Waals surface area contributed by atoms with Crippen LogP contribution in [0.3, 0.4) is 0 Å². The maximum absolute atomic E-state index is 12.3. The van der Waals surface area contributed by atoms with Gasteiger partial charge in [-0.3, -0.25) is 4.79 Å². The Hall–Kier alpha value is -2.82. The molecule has 1 amide bonds. The zero-order chi connectivity index (χ0) is 17.6. The van der Waals surface area contributed by atoms with Gasteiger partial charge in [-0.2, -0.15) is 0 Å². The summed E-state index contributed by atoms with van der Waals surface area (Å²) in [7, 11) is 0. The number of carbonyl (C=O) groups is 2. The average Bonchev–Trinajstić information content (AvgIpc) is 2.61. The summed E-state index contributed by atoms with van der Waals surface area (Å²) in [6, 6.07) is 15.2. The summed E-state index contributed by atoms with van der Waals surface area (Å²) < 4.78 is 5.19. The standard InChI is InChI=1S/C20H22N2O3/c1-2-3-6-15-9-11-16(12-10-15)21-19(23)13-22-14-20(24)25-18-8-5-4-7-17(18)22/h4-5,7-12H,2-3,6,13-14H2,1H3,(H,21,23). The van der Waals surface area contributed by atoms with Crippen molar-refractivity contribution >= 4 is 23.3 Å². The van der Waals surface area contributed by atoms with Gasteiger partial charge in [-0.05, 0) is 42.7 Å². The molecule has 0 unspecified atom stereocenters. The van der Waals surface area contributed by atoms with Gasteiger partial charge in [0.2, 0.25) is 5.91 Å². The third-order valence-electron chi connectivity index (χ3n) is 4.14. The van der Waals surface area contributed by atoms with E-state index in [1.54, 1.807) is 17.0 Å². The predicted molar refractivity (Wildman–Crippen MR) is 98.0 cm³/mol. The third-order valence-corrected chi connectivity index (χ3v) is 4.14. The lowest BCUT2D eigenvalue weighted by molar-refractivity contribution is -0.133. The number of hydrogen-bond donors (Lipinski definition) is 1. The van der Waals surface area contributed by atoms with Crippen LogP contribution in [-0.4, -0.2) is 25.0 Å². The third kappa shape index (κ3) is 4.38. The number of aryl methyl sites for hydroxylation is 1. The molecule has 1 N–H and O–H groups in total. The van der Waals surface area contributed by atoms with E-state index < -0.39 is 0 Å². The first-order valence-electron chi connectivity index (χ1n) is 8.59. The van der Waals surface area contributed by atoms with E-state index in [1.807, 2.05) is 36.4 Å². The first kappa shape index (κ1) is 17.0. The molecule has 0 fully saturated rings. The van der Waals surface area contributed by atoms with Crippen molar-refractivity contribution in [3.63, 3.8) is 0 Å². The van der Waals surface area contributed by atoms with E-state index in [4.69, 9.17) is 4.74 Å². The molecule has 0 bridgehead atoms. The monoisotopic (exact) mass is 338 g/mol. The molecule has 1 heterocycles. The Labute approximate surface area is 147 Å².